The molecule has 1 fully saturated rings. The van der Waals surface area contributed by atoms with Crippen LogP contribution in [0, 0.1) is 17.5 Å². The van der Waals surface area contributed by atoms with Crippen LogP contribution < -0.4 is 14.2 Å². The lowest BCUT2D eigenvalue weighted by Crippen LogP contribution is -2.33. The molecule has 2 aromatic carbocycles. The summed E-state index contributed by atoms with van der Waals surface area (Å²) in [4.78, 5) is 14.3. The fraction of sp³-hybridized carbons (Fsp3) is 0.350. The molecular weight excluding hydrogens is 375 g/mol. The highest BCUT2D eigenvalue weighted by molar-refractivity contribution is 5.95. The van der Waals surface area contributed by atoms with Gasteiger partial charge < -0.3 is 19.1 Å². The zero-order chi connectivity index (χ0) is 20.4. The van der Waals surface area contributed by atoms with Gasteiger partial charge in [0.05, 0.1) is 26.9 Å². The largest absolute Gasteiger partial charge is 0.493 e. The second-order valence-corrected chi connectivity index (χ2v) is 6.42. The van der Waals surface area contributed by atoms with E-state index >= 15 is 0 Å². The lowest BCUT2D eigenvalue weighted by atomic mass is 10.1. The van der Waals surface area contributed by atoms with Crippen molar-refractivity contribution in [3.05, 3.63) is 52.8 Å². The summed E-state index contributed by atoms with van der Waals surface area (Å²) in [6.45, 7) is 0.124. The summed E-state index contributed by atoms with van der Waals surface area (Å²) in [6.07, 6.45) is 1.50. The molecule has 0 heterocycles. The number of amides is 1. The molecule has 0 saturated heterocycles. The minimum absolute atomic E-state index is 0.0981. The van der Waals surface area contributed by atoms with Gasteiger partial charge in [0.2, 0.25) is 5.75 Å². The van der Waals surface area contributed by atoms with Crippen molar-refractivity contribution in [2.24, 2.45) is 0 Å². The predicted molar refractivity (Wildman–Crippen MR) is 95.3 cm³/mol. The van der Waals surface area contributed by atoms with Crippen molar-refractivity contribution in [1.82, 2.24) is 4.90 Å². The number of rotatable bonds is 7. The Bertz CT molecular complexity index is 874. The number of benzene rings is 2. The van der Waals surface area contributed by atoms with Crippen molar-refractivity contribution in [1.29, 1.82) is 0 Å². The zero-order valence-corrected chi connectivity index (χ0v) is 15.7. The molecule has 3 rings (SSSR count). The summed E-state index contributed by atoms with van der Waals surface area (Å²) >= 11 is 0. The first-order valence-electron chi connectivity index (χ1n) is 8.64. The molecule has 0 N–H and O–H groups in total. The van der Waals surface area contributed by atoms with Crippen LogP contribution in [0.5, 0.6) is 17.2 Å². The summed E-state index contributed by atoms with van der Waals surface area (Å²) in [5, 5.41) is 0. The molecule has 0 unspecified atom stereocenters. The molecule has 1 amide bonds. The fourth-order valence-corrected chi connectivity index (χ4v) is 3.02. The highest BCUT2D eigenvalue weighted by Gasteiger charge is 2.35. The lowest BCUT2D eigenvalue weighted by molar-refractivity contribution is 0.0723. The van der Waals surface area contributed by atoms with E-state index < -0.39 is 28.9 Å². The Kier molecular flexibility index (Phi) is 5.67. The standard InChI is InChI=1S/C20H20F3NO4/c1-26-15-8-11(9-16(27-2)19(15)28-3)10-24(12-4-5-12)20(25)13-6-7-14(21)18(23)17(13)22/h6-9,12H,4-5,10H2,1-3H3. The van der Waals surface area contributed by atoms with Gasteiger partial charge in [0, 0.05) is 12.6 Å². The van der Waals surface area contributed by atoms with E-state index in [1.54, 1.807) is 12.1 Å². The van der Waals surface area contributed by atoms with Crippen LogP contribution in [0.4, 0.5) is 13.2 Å². The van der Waals surface area contributed by atoms with Gasteiger partial charge in [-0.2, -0.15) is 0 Å². The van der Waals surface area contributed by atoms with E-state index in [1.807, 2.05) is 0 Å². The molecule has 28 heavy (non-hydrogen) atoms. The Hall–Kier alpha value is -2.90. The maximum Gasteiger partial charge on any atom is 0.257 e. The van der Waals surface area contributed by atoms with Crippen molar-refractivity contribution in [3.8, 4) is 17.2 Å². The normalized spacial score (nSPS) is 13.2. The number of carbonyl (C=O) groups excluding carboxylic acids is 1. The lowest BCUT2D eigenvalue weighted by Gasteiger charge is -2.24. The van der Waals surface area contributed by atoms with Crippen molar-refractivity contribution < 1.29 is 32.2 Å². The van der Waals surface area contributed by atoms with Gasteiger partial charge in [-0.05, 0) is 42.7 Å². The first-order chi connectivity index (χ1) is 13.4. The van der Waals surface area contributed by atoms with E-state index in [9.17, 15) is 18.0 Å². The van der Waals surface area contributed by atoms with E-state index in [2.05, 4.69) is 0 Å². The quantitative estimate of drug-likeness (QED) is 0.667. The molecule has 1 saturated carbocycles. The van der Waals surface area contributed by atoms with Gasteiger partial charge in [-0.15, -0.1) is 0 Å². The van der Waals surface area contributed by atoms with Gasteiger partial charge in [0.1, 0.15) is 0 Å². The molecular formula is C20H20F3NO4. The third kappa shape index (κ3) is 3.72. The zero-order valence-electron chi connectivity index (χ0n) is 15.7. The van der Waals surface area contributed by atoms with Crippen LogP contribution in [-0.2, 0) is 6.54 Å². The highest BCUT2D eigenvalue weighted by Crippen LogP contribution is 2.39. The van der Waals surface area contributed by atoms with Crippen molar-refractivity contribution >= 4 is 5.91 Å². The van der Waals surface area contributed by atoms with Crippen LogP contribution in [0.2, 0.25) is 0 Å². The van der Waals surface area contributed by atoms with Crippen LogP contribution in [0.25, 0.3) is 0 Å². The van der Waals surface area contributed by atoms with Crippen molar-refractivity contribution in [3.63, 3.8) is 0 Å². The van der Waals surface area contributed by atoms with Crippen LogP contribution in [0.15, 0.2) is 24.3 Å². The van der Waals surface area contributed by atoms with Gasteiger partial charge >= 0.3 is 0 Å². The van der Waals surface area contributed by atoms with Gasteiger partial charge in [0.25, 0.3) is 5.91 Å². The molecule has 1 aliphatic rings. The topological polar surface area (TPSA) is 48.0 Å². The van der Waals surface area contributed by atoms with E-state index in [1.165, 1.54) is 26.2 Å². The number of carbonyl (C=O) groups is 1. The number of hydrogen-bond acceptors (Lipinski definition) is 4. The highest BCUT2D eigenvalue weighted by atomic mass is 19.2. The predicted octanol–water partition coefficient (Wildman–Crippen LogP) is 3.93. The summed E-state index contributed by atoms with van der Waals surface area (Å²) in [5.41, 5.74) is 0.163. The summed E-state index contributed by atoms with van der Waals surface area (Å²) in [6, 6.07) is 4.98. The van der Waals surface area contributed by atoms with Crippen LogP contribution in [-0.4, -0.2) is 38.2 Å². The van der Waals surface area contributed by atoms with Gasteiger partial charge in [-0.3, -0.25) is 4.79 Å². The van der Waals surface area contributed by atoms with Crippen LogP contribution >= 0.6 is 0 Å². The molecule has 0 radical (unpaired) electrons. The first kappa shape index (κ1) is 19.9. The van der Waals surface area contributed by atoms with Gasteiger partial charge in [-0.25, -0.2) is 13.2 Å². The molecule has 150 valence electrons. The second-order valence-electron chi connectivity index (χ2n) is 6.42. The number of methoxy groups -OCH3 is 3. The summed E-state index contributed by atoms with van der Waals surface area (Å²) in [7, 11) is 4.43. The molecule has 2 aromatic rings. The van der Waals surface area contributed by atoms with E-state index in [4.69, 9.17) is 14.2 Å². The minimum Gasteiger partial charge on any atom is -0.493 e. The smallest absolute Gasteiger partial charge is 0.257 e. The Morgan fingerprint density at radius 2 is 1.61 bits per heavy atom. The fourth-order valence-electron chi connectivity index (χ4n) is 3.02. The summed E-state index contributed by atoms with van der Waals surface area (Å²) in [5.74, 6) is -3.94. The average molecular weight is 395 g/mol. The van der Waals surface area contributed by atoms with E-state index in [0.717, 1.165) is 25.0 Å². The number of ether oxygens (including phenoxy) is 3. The number of halogens is 3. The molecule has 1 aliphatic carbocycles. The molecule has 0 spiro atoms. The first-order valence-corrected chi connectivity index (χ1v) is 8.64. The molecule has 0 atom stereocenters. The third-order valence-corrected chi connectivity index (χ3v) is 4.59. The van der Waals surface area contributed by atoms with E-state index in [0.29, 0.717) is 22.8 Å². The molecule has 8 heteroatoms. The maximum atomic E-state index is 14.1. The molecule has 0 aliphatic heterocycles. The molecule has 5 nitrogen and oxygen atoms in total. The average Bonchev–Trinajstić information content (AvgIpc) is 3.54. The maximum absolute atomic E-state index is 14.1. The monoisotopic (exact) mass is 395 g/mol. The minimum atomic E-state index is -1.66. The second kappa shape index (κ2) is 8.00. The van der Waals surface area contributed by atoms with Crippen molar-refractivity contribution in [2.75, 3.05) is 21.3 Å². The van der Waals surface area contributed by atoms with Crippen LogP contribution in [0.1, 0.15) is 28.8 Å². The van der Waals surface area contributed by atoms with Gasteiger partial charge in [-0.1, -0.05) is 0 Å². The Balaban J connectivity index is 1.95. The van der Waals surface area contributed by atoms with Crippen LogP contribution in [0.3, 0.4) is 0 Å². The molecule has 0 aromatic heterocycles. The van der Waals surface area contributed by atoms with Gasteiger partial charge in [0.15, 0.2) is 29.0 Å². The van der Waals surface area contributed by atoms with Crippen molar-refractivity contribution in [2.45, 2.75) is 25.4 Å². The van der Waals surface area contributed by atoms with E-state index in [-0.39, 0.29) is 12.6 Å². The Labute approximate surface area is 160 Å². The number of nitrogens with zero attached hydrogens (tertiary/aromatic N) is 1. The Morgan fingerprint density at radius 1 is 1.00 bits per heavy atom. The Morgan fingerprint density at radius 3 is 2.11 bits per heavy atom. The molecule has 0 bridgehead atoms. The third-order valence-electron chi connectivity index (χ3n) is 4.59. The SMILES string of the molecule is COc1cc(CN(C(=O)c2ccc(F)c(F)c2F)C2CC2)cc(OC)c1OC. The number of hydrogen-bond donors (Lipinski definition) is 0. The summed E-state index contributed by atoms with van der Waals surface area (Å²) < 4.78 is 56.8.